The minimum atomic E-state index is -0.351. The van der Waals surface area contributed by atoms with Crippen molar-refractivity contribution < 1.29 is 9.53 Å². The number of likely N-dealkylation sites (tertiary alicyclic amines) is 1. The average molecular weight is 444 g/mol. The molecule has 2 N–H and O–H groups in total. The lowest BCUT2D eigenvalue weighted by Gasteiger charge is -2.30. The van der Waals surface area contributed by atoms with Gasteiger partial charge in [-0.2, -0.15) is 0 Å². The quantitative estimate of drug-likeness (QED) is 0.454. The van der Waals surface area contributed by atoms with Crippen LogP contribution in [0.1, 0.15) is 57.1 Å². The first-order valence-electron chi connectivity index (χ1n) is 12.1. The Morgan fingerprint density at radius 1 is 1.12 bits per heavy atom. The molecule has 178 valence electrons. The van der Waals surface area contributed by atoms with E-state index in [1.165, 1.54) is 18.4 Å². The lowest BCUT2D eigenvalue weighted by Crippen LogP contribution is -2.45. The molecule has 0 radical (unpaired) electrons. The van der Waals surface area contributed by atoms with E-state index < -0.39 is 0 Å². The predicted molar refractivity (Wildman–Crippen MR) is 130 cm³/mol. The molecule has 0 bridgehead atoms. The molecule has 2 aliphatic rings. The lowest BCUT2D eigenvalue weighted by atomic mass is 9.85. The smallest absolute Gasteiger partial charge is 0.230 e. The van der Waals surface area contributed by atoms with E-state index in [2.05, 4.69) is 34.6 Å². The number of carbonyl (C=O) groups is 1. The fraction of sp³-hybridized carbons (Fsp3) is 0.680. The molecule has 1 atom stereocenters. The topological polar surface area (TPSA) is 69.2 Å². The summed E-state index contributed by atoms with van der Waals surface area (Å²) in [4.78, 5) is 22.1. The summed E-state index contributed by atoms with van der Waals surface area (Å²) in [6, 6.07) is 8.67. The van der Waals surface area contributed by atoms with Gasteiger partial charge in [0.1, 0.15) is 5.75 Å². The van der Waals surface area contributed by atoms with Gasteiger partial charge in [0.15, 0.2) is 5.96 Å². The number of hydrogen-bond acceptors (Lipinski definition) is 4. The van der Waals surface area contributed by atoms with Gasteiger partial charge in [-0.05, 0) is 63.4 Å². The molecule has 1 saturated carbocycles. The average Bonchev–Trinajstić information content (AvgIpc) is 3.50. The van der Waals surface area contributed by atoms with Gasteiger partial charge in [0.05, 0.1) is 25.1 Å². The molecule has 1 saturated heterocycles. The zero-order valence-electron chi connectivity index (χ0n) is 20.3. The number of hydrogen-bond donors (Lipinski definition) is 2. The number of ether oxygens (including phenoxy) is 1. The highest BCUT2D eigenvalue weighted by molar-refractivity contribution is 5.84. The maximum Gasteiger partial charge on any atom is 0.230 e. The SMILES string of the molecule is CCNC(=NCC1(C(=O)N(C)C)CCCC1)NCC(c1ccc(OC)cc1)N1CCCC1. The summed E-state index contributed by atoms with van der Waals surface area (Å²) < 4.78 is 5.34. The second-order valence-corrected chi connectivity index (χ2v) is 9.30. The number of aliphatic imine (C=N–C) groups is 1. The Balaban J connectivity index is 1.73. The molecule has 1 aromatic carbocycles. The summed E-state index contributed by atoms with van der Waals surface area (Å²) in [5.74, 6) is 1.88. The van der Waals surface area contributed by atoms with Crippen molar-refractivity contribution in [3.8, 4) is 5.75 Å². The summed E-state index contributed by atoms with van der Waals surface area (Å²) in [6.07, 6.45) is 6.55. The second kappa shape index (κ2) is 11.5. The number of carbonyl (C=O) groups excluding carboxylic acids is 1. The Hall–Kier alpha value is -2.28. The fourth-order valence-corrected chi connectivity index (χ4v) is 5.07. The molecule has 0 spiro atoms. The normalized spacial score (nSPS) is 19.6. The van der Waals surface area contributed by atoms with Gasteiger partial charge >= 0.3 is 0 Å². The van der Waals surface area contributed by atoms with Crippen LogP contribution in [0.15, 0.2) is 29.3 Å². The highest BCUT2D eigenvalue weighted by Gasteiger charge is 2.42. The van der Waals surface area contributed by atoms with Crippen LogP contribution in [0.5, 0.6) is 5.75 Å². The number of guanidine groups is 1. The van der Waals surface area contributed by atoms with Crippen molar-refractivity contribution in [2.75, 3.05) is 53.9 Å². The van der Waals surface area contributed by atoms with Gasteiger partial charge in [0.25, 0.3) is 0 Å². The van der Waals surface area contributed by atoms with Crippen LogP contribution >= 0.6 is 0 Å². The van der Waals surface area contributed by atoms with Gasteiger partial charge < -0.3 is 20.3 Å². The van der Waals surface area contributed by atoms with Crippen molar-refractivity contribution in [1.29, 1.82) is 0 Å². The Morgan fingerprint density at radius 2 is 1.78 bits per heavy atom. The molecule has 7 nitrogen and oxygen atoms in total. The molecule has 1 amide bonds. The zero-order chi connectivity index (χ0) is 23.0. The van der Waals surface area contributed by atoms with E-state index in [0.717, 1.165) is 63.6 Å². The minimum absolute atomic E-state index is 0.211. The van der Waals surface area contributed by atoms with E-state index in [9.17, 15) is 4.79 Å². The Kier molecular flexibility index (Phi) is 8.79. The second-order valence-electron chi connectivity index (χ2n) is 9.30. The third-order valence-corrected chi connectivity index (χ3v) is 6.85. The first kappa shape index (κ1) is 24.4. The summed E-state index contributed by atoms with van der Waals surface area (Å²) in [7, 11) is 5.40. The van der Waals surface area contributed by atoms with E-state index in [1.807, 2.05) is 26.2 Å². The van der Waals surface area contributed by atoms with Crippen molar-refractivity contribution >= 4 is 11.9 Å². The highest BCUT2D eigenvalue weighted by Crippen LogP contribution is 2.39. The van der Waals surface area contributed by atoms with Crippen molar-refractivity contribution in [1.82, 2.24) is 20.4 Å². The first-order valence-corrected chi connectivity index (χ1v) is 12.1. The van der Waals surface area contributed by atoms with Crippen LogP contribution in [0.2, 0.25) is 0 Å². The molecule has 2 fully saturated rings. The lowest BCUT2D eigenvalue weighted by molar-refractivity contribution is -0.138. The van der Waals surface area contributed by atoms with Crippen LogP contribution in [-0.4, -0.2) is 75.6 Å². The van der Waals surface area contributed by atoms with Gasteiger partial charge in [-0.3, -0.25) is 14.7 Å². The molecule has 3 rings (SSSR count). The van der Waals surface area contributed by atoms with E-state index in [1.54, 1.807) is 12.0 Å². The molecule has 0 aromatic heterocycles. The maximum atomic E-state index is 12.9. The van der Waals surface area contributed by atoms with Crippen LogP contribution in [-0.2, 0) is 4.79 Å². The molecule has 1 aliphatic heterocycles. The van der Waals surface area contributed by atoms with Gasteiger partial charge in [-0.25, -0.2) is 0 Å². The molecule has 7 heteroatoms. The minimum Gasteiger partial charge on any atom is -0.497 e. The summed E-state index contributed by atoms with van der Waals surface area (Å²) in [5.41, 5.74) is 0.932. The van der Waals surface area contributed by atoms with Crippen molar-refractivity contribution in [3.63, 3.8) is 0 Å². The fourth-order valence-electron chi connectivity index (χ4n) is 5.07. The Bertz CT molecular complexity index is 750. The van der Waals surface area contributed by atoms with Gasteiger partial charge in [0.2, 0.25) is 5.91 Å². The van der Waals surface area contributed by atoms with Crippen LogP contribution in [0.4, 0.5) is 0 Å². The zero-order valence-corrected chi connectivity index (χ0v) is 20.3. The molecule has 1 unspecified atom stereocenters. The summed E-state index contributed by atoms with van der Waals surface area (Å²) >= 11 is 0. The van der Waals surface area contributed by atoms with Crippen LogP contribution < -0.4 is 15.4 Å². The standard InChI is InChI=1S/C25H41N5O2/c1-5-26-24(28-19-25(14-6-7-15-25)23(31)29(2)3)27-18-22(30-16-8-9-17-30)20-10-12-21(32-4)13-11-20/h10-13,22H,5-9,14-19H2,1-4H3,(H2,26,27,28). The molecule has 1 aromatic rings. The Labute approximate surface area is 193 Å². The number of nitrogens with zero attached hydrogens (tertiary/aromatic N) is 3. The van der Waals surface area contributed by atoms with E-state index in [0.29, 0.717) is 6.54 Å². The molecule has 1 aliphatic carbocycles. The molecular formula is C25H41N5O2. The number of nitrogens with one attached hydrogen (secondary N) is 2. The Morgan fingerprint density at radius 3 is 2.34 bits per heavy atom. The molecule has 1 heterocycles. The molecule has 32 heavy (non-hydrogen) atoms. The van der Waals surface area contributed by atoms with Crippen LogP contribution in [0, 0.1) is 5.41 Å². The molecular weight excluding hydrogens is 402 g/mol. The number of rotatable bonds is 9. The van der Waals surface area contributed by atoms with Gasteiger partial charge in [-0.1, -0.05) is 25.0 Å². The highest BCUT2D eigenvalue weighted by atomic mass is 16.5. The predicted octanol–water partition coefficient (Wildman–Crippen LogP) is 3.04. The third kappa shape index (κ3) is 5.94. The largest absolute Gasteiger partial charge is 0.497 e. The van der Waals surface area contributed by atoms with E-state index in [-0.39, 0.29) is 17.4 Å². The van der Waals surface area contributed by atoms with Crippen LogP contribution in [0.25, 0.3) is 0 Å². The van der Waals surface area contributed by atoms with Gasteiger partial charge in [-0.15, -0.1) is 0 Å². The van der Waals surface area contributed by atoms with E-state index >= 15 is 0 Å². The van der Waals surface area contributed by atoms with Crippen molar-refractivity contribution in [3.05, 3.63) is 29.8 Å². The summed E-state index contributed by atoms with van der Waals surface area (Å²) in [5, 5.41) is 6.96. The summed E-state index contributed by atoms with van der Waals surface area (Å²) in [6.45, 7) is 6.41. The number of methoxy groups -OCH3 is 1. The first-order chi connectivity index (χ1) is 15.5. The number of amides is 1. The monoisotopic (exact) mass is 443 g/mol. The number of benzene rings is 1. The van der Waals surface area contributed by atoms with Crippen LogP contribution in [0.3, 0.4) is 0 Å². The van der Waals surface area contributed by atoms with Crippen molar-refractivity contribution in [2.24, 2.45) is 10.4 Å². The van der Waals surface area contributed by atoms with Gasteiger partial charge in [0, 0.05) is 27.2 Å². The van der Waals surface area contributed by atoms with E-state index in [4.69, 9.17) is 9.73 Å². The maximum absolute atomic E-state index is 12.9. The van der Waals surface area contributed by atoms with Crippen molar-refractivity contribution in [2.45, 2.75) is 51.5 Å². The third-order valence-electron chi connectivity index (χ3n) is 6.85.